The van der Waals surface area contributed by atoms with Crippen LogP contribution >= 0.6 is 0 Å². The maximum absolute atomic E-state index is 13.0. The van der Waals surface area contributed by atoms with Gasteiger partial charge in [-0.05, 0) is 38.5 Å². The molecule has 156 valence electrons. The highest BCUT2D eigenvalue weighted by Crippen LogP contribution is 2.66. The molecule has 7 atom stereocenters. The summed E-state index contributed by atoms with van der Waals surface area (Å²) in [6.07, 6.45) is 0.438. The van der Waals surface area contributed by atoms with Crippen LogP contribution in [0.2, 0.25) is 0 Å². The normalized spacial score (nSPS) is 50.8. The average Bonchev–Trinajstić information content (AvgIpc) is 3.16. The van der Waals surface area contributed by atoms with Crippen molar-refractivity contribution in [3.63, 3.8) is 0 Å². The van der Waals surface area contributed by atoms with E-state index in [0.717, 1.165) is 0 Å². The molecule has 2 aliphatic carbocycles. The minimum Gasteiger partial charge on any atom is -0.465 e. The van der Waals surface area contributed by atoms with E-state index in [1.807, 2.05) is 6.92 Å². The summed E-state index contributed by atoms with van der Waals surface area (Å²) in [5, 5.41) is 33.0. The molecule has 0 bridgehead atoms. The number of ether oxygens (including phenoxy) is 2. The lowest BCUT2D eigenvalue weighted by atomic mass is 9.41. The molecule has 0 unspecified atom stereocenters. The van der Waals surface area contributed by atoms with E-state index in [0.29, 0.717) is 32.3 Å². The van der Waals surface area contributed by atoms with Crippen LogP contribution in [0.25, 0.3) is 0 Å². The SMILES string of the molecule is C[C@@]1(O)C(=O)C[C@@]23COC(=O)[C@]2(O)[C@@H](O)CC[C@@H]3[C@@]1(C)CC[C@H]1COC(=O)C1. The highest BCUT2D eigenvalue weighted by atomic mass is 16.6. The third-order valence-electron chi connectivity index (χ3n) is 8.32. The topological polar surface area (TPSA) is 130 Å². The van der Waals surface area contributed by atoms with Crippen molar-refractivity contribution in [2.24, 2.45) is 22.7 Å². The summed E-state index contributed by atoms with van der Waals surface area (Å²) in [7, 11) is 0. The molecule has 4 aliphatic rings. The number of Topliss-reactive ketones (excluding diaryl/α,β-unsaturated/α-hetero) is 1. The quantitative estimate of drug-likeness (QED) is 0.573. The van der Waals surface area contributed by atoms with Crippen molar-refractivity contribution < 1.29 is 39.2 Å². The van der Waals surface area contributed by atoms with Gasteiger partial charge in [0.2, 0.25) is 0 Å². The van der Waals surface area contributed by atoms with Crippen molar-refractivity contribution in [3.05, 3.63) is 0 Å². The number of carbonyl (C=O) groups excluding carboxylic acids is 3. The summed E-state index contributed by atoms with van der Waals surface area (Å²) < 4.78 is 10.2. The molecular weight excluding hydrogens is 368 g/mol. The van der Waals surface area contributed by atoms with Gasteiger partial charge in [-0.1, -0.05) is 6.92 Å². The predicted molar refractivity (Wildman–Crippen MR) is 93.7 cm³/mol. The number of ketones is 1. The van der Waals surface area contributed by atoms with Crippen LogP contribution in [0, 0.1) is 22.7 Å². The first-order chi connectivity index (χ1) is 13.0. The van der Waals surface area contributed by atoms with Crippen molar-refractivity contribution >= 4 is 17.7 Å². The van der Waals surface area contributed by atoms with Crippen molar-refractivity contribution in [1.82, 2.24) is 0 Å². The summed E-state index contributed by atoms with van der Waals surface area (Å²) in [4.78, 5) is 36.9. The van der Waals surface area contributed by atoms with E-state index in [2.05, 4.69) is 0 Å². The van der Waals surface area contributed by atoms with Crippen molar-refractivity contribution in [2.45, 2.75) is 69.7 Å². The van der Waals surface area contributed by atoms with Gasteiger partial charge in [0.1, 0.15) is 12.2 Å². The molecule has 0 aromatic rings. The fraction of sp³-hybridized carbons (Fsp3) is 0.850. The van der Waals surface area contributed by atoms with Gasteiger partial charge in [-0.2, -0.15) is 0 Å². The number of cyclic esters (lactones) is 2. The van der Waals surface area contributed by atoms with E-state index in [4.69, 9.17) is 9.47 Å². The molecule has 8 heteroatoms. The van der Waals surface area contributed by atoms with E-state index in [1.54, 1.807) is 0 Å². The molecule has 2 saturated carbocycles. The molecule has 8 nitrogen and oxygen atoms in total. The summed E-state index contributed by atoms with van der Waals surface area (Å²) >= 11 is 0. The second-order valence-electron chi connectivity index (χ2n) is 9.53. The minimum atomic E-state index is -2.14. The number of aliphatic hydroxyl groups is 3. The van der Waals surface area contributed by atoms with E-state index < -0.39 is 45.8 Å². The van der Waals surface area contributed by atoms with Gasteiger partial charge >= 0.3 is 11.9 Å². The lowest BCUT2D eigenvalue weighted by Gasteiger charge is -2.62. The lowest BCUT2D eigenvalue weighted by Crippen LogP contribution is -2.73. The largest absolute Gasteiger partial charge is 0.465 e. The second-order valence-corrected chi connectivity index (χ2v) is 9.53. The smallest absolute Gasteiger partial charge is 0.341 e. The zero-order valence-electron chi connectivity index (χ0n) is 16.3. The standard InChI is InChI=1S/C20H28O8/c1-17(6-5-11-7-15(23)27-9-11)12-3-4-13(21)20(26)16(24)28-10-19(12,20)8-14(22)18(17,2)25/h11-13,21,25-26H,3-10H2,1-2H3/t11-,12-,13+,17-,18-,19+,20-/m1/s1. The fourth-order valence-corrected chi connectivity index (χ4v) is 6.29. The summed E-state index contributed by atoms with van der Waals surface area (Å²) in [5.41, 5.74) is -6.00. The van der Waals surface area contributed by atoms with Gasteiger partial charge in [0.05, 0.1) is 24.5 Å². The van der Waals surface area contributed by atoms with E-state index >= 15 is 0 Å². The Morgan fingerprint density at radius 2 is 1.82 bits per heavy atom. The Morgan fingerprint density at radius 1 is 1.11 bits per heavy atom. The lowest BCUT2D eigenvalue weighted by molar-refractivity contribution is -0.244. The molecule has 3 N–H and O–H groups in total. The Labute approximate surface area is 163 Å². The molecule has 28 heavy (non-hydrogen) atoms. The van der Waals surface area contributed by atoms with Gasteiger partial charge in [0.15, 0.2) is 11.4 Å². The van der Waals surface area contributed by atoms with Gasteiger partial charge < -0.3 is 24.8 Å². The molecule has 1 spiro atoms. The molecule has 2 heterocycles. The predicted octanol–water partition coefficient (Wildman–Crippen LogP) is 0.105. The average molecular weight is 396 g/mol. The number of hydrogen-bond acceptors (Lipinski definition) is 8. The van der Waals surface area contributed by atoms with E-state index in [-0.39, 0.29) is 31.3 Å². The Bertz CT molecular complexity index is 732. The third-order valence-corrected chi connectivity index (χ3v) is 8.32. The first-order valence-corrected chi connectivity index (χ1v) is 9.98. The summed E-state index contributed by atoms with van der Waals surface area (Å²) in [5.74, 6) is -1.98. The highest BCUT2D eigenvalue weighted by molar-refractivity contribution is 5.93. The Hall–Kier alpha value is -1.51. The van der Waals surface area contributed by atoms with Gasteiger partial charge in [0, 0.05) is 17.8 Å². The maximum atomic E-state index is 13.0. The Kier molecular flexibility index (Phi) is 4.24. The Morgan fingerprint density at radius 3 is 2.46 bits per heavy atom. The van der Waals surface area contributed by atoms with Crippen LogP contribution in [0.1, 0.15) is 52.4 Å². The first kappa shape index (κ1) is 19.8. The monoisotopic (exact) mass is 396 g/mol. The number of hydrogen-bond donors (Lipinski definition) is 3. The van der Waals surface area contributed by atoms with Crippen molar-refractivity contribution in [1.29, 1.82) is 0 Å². The fourth-order valence-electron chi connectivity index (χ4n) is 6.29. The van der Waals surface area contributed by atoms with Crippen LogP contribution in [-0.4, -0.2) is 63.6 Å². The summed E-state index contributed by atoms with van der Waals surface area (Å²) in [6, 6.07) is 0. The maximum Gasteiger partial charge on any atom is 0.341 e. The number of rotatable bonds is 3. The Balaban J connectivity index is 1.73. The molecule has 4 fully saturated rings. The first-order valence-electron chi connectivity index (χ1n) is 9.98. The molecule has 2 aliphatic heterocycles. The van der Waals surface area contributed by atoms with Crippen LogP contribution in [0.5, 0.6) is 0 Å². The van der Waals surface area contributed by atoms with Gasteiger partial charge in [-0.3, -0.25) is 9.59 Å². The molecule has 4 rings (SSSR count). The minimum absolute atomic E-state index is 0.0163. The van der Waals surface area contributed by atoms with Crippen LogP contribution in [0.3, 0.4) is 0 Å². The van der Waals surface area contributed by atoms with Crippen LogP contribution < -0.4 is 0 Å². The molecule has 0 amide bonds. The van der Waals surface area contributed by atoms with Gasteiger partial charge in [-0.15, -0.1) is 0 Å². The molecular formula is C20H28O8. The zero-order valence-corrected chi connectivity index (χ0v) is 16.3. The highest BCUT2D eigenvalue weighted by Gasteiger charge is 2.77. The number of esters is 2. The molecule has 0 radical (unpaired) electrons. The van der Waals surface area contributed by atoms with Crippen LogP contribution in [0.4, 0.5) is 0 Å². The zero-order chi connectivity index (χ0) is 20.5. The van der Waals surface area contributed by atoms with Gasteiger partial charge in [-0.25, -0.2) is 4.79 Å². The second kappa shape index (κ2) is 6.00. The van der Waals surface area contributed by atoms with Crippen molar-refractivity contribution in [2.75, 3.05) is 13.2 Å². The molecule has 0 aromatic heterocycles. The molecule has 0 aromatic carbocycles. The van der Waals surface area contributed by atoms with E-state index in [1.165, 1.54) is 6.92 Å². The van der Waals surface area contributed by atoms with E-state index in [9.17, 15) is 29.7 Å². The number of carbonyl (C=O) groups is 3. The van der Waals surface area contributed by atoms with Gasteiger partial charge in [0.25, 0.3) is 0 Å². The third kappa shape index (κ3) is 2.25. The van der Waals surface area contributed by atoms with Crippen molar-refractivity contribution in [3.8, 4) is 0 Å². The van der Waals surface area contributed by atoms with Crippen LogP contribution in [-0.2, 0) is 23.9 Å². The van der Waals surface area contributed by atoms with Crippen LogP contribution in [0.15, 0.2) is 0 Å². The molecule has 2 saturated heterocycles. The summed E-state index contributed by atoms with van der Waals surface area (Å²) in [6.45, 7) is 3.49. The number of aliphatic hydroxyl groups excluding tert-OH is 1.